The van der Waals surface area contributed by atoms with Crippen LogP contribution in [-0.2, 0) is 6.54 Å². The molecule has 0 unspecified atom stereocenters. The van der Waals surface area contributed by atoms with Gasteiger partial charge in [-0.2, -0.15) is 0 Å². The van der Waals surface area contributed by atoms with Crippen molar-refractivity contribution >= 4 is 23.2 Å². The van der Waals surface area contributed by atoms with Gasteiger partial charge in [-0.1, -0.05) is 41.9 Å². The van der Waals surface area contributed by atoms with E-state index in [4.69, 9.17) is 17.3 Å². The molecule has 23 heavy (non-hydrogen) atoms. The molecule has 0 saturated carbocycles. The number of carbonyl (C=O) groups excluding carboxylic acids is 1. The third-order valence-corrected chi connectivity index (χ3v) is 4.44. The minimum Gasteiger partial charge on any atom is -0.399 e. The molecule has 0 radical (unpaired) electrons. The molecule has 2 N–H and O–H groups in total. The first-order valence-corrected chi connectivity index (χ1v) is 8.12. The number of piperazine rings is 1. The van der Waals surface area contributed by atoms with Gasteiger partial charge in [0.15, 0.2) is 0 Å². The maximum atomic E-state index is 12.6. The van der Waals surface area contributed by atoms with Gasteiger partial charge in [0.1, 0.15) is 0 Å². The number of hydrogen-bond acceptors (Lipinski definition) is 3. The zero-order chi connectivity index (χ0) is 16.2. The van der Waals surface area contributed by atoms with Gasteiger partial charge in [-0.15, -0.1) is 0 Å². The molecule has 0 aromatic heterocycles. The molecule has 0 atom stereocenters. The number of nitrogens with two attached hydrogens (primary N) is 1. The maximum Gasteiger partial charge on any atom is 0.255 e. The first-order chi connectivity index (χ1) is 11.1. The summed E-state index contributed by atoms with van der Waals surface area (Å²) in [6.07, 6.45) is 0. The number of halogens is 1. The summed E-state index contributed by atoms with van der Waals surface area (Å²) < 4.78 is 0. The van der Waals surface area contributed by atoms with E-state index in [1.54, 1.807) is 18.2 Å². The zero-order valence-electron chi connectivity index (χ0n) is 12.9. The zero-order valence-corrected chi connectivity index (χ0v) is 13.7. The molecule has 0 bridgehead atoms. The van der Waals surface area contributed by atoms with E-state index < -0.39 is 0 Å². The SMILES string of the molecule is Nc1ccc(C(=O)N2CCN(Cc3ccccc3)CC2)c(Cl)c1. The van der Waals surface area contributed by atoms with Gasteiger partial charge in [-0.05, 0) is 23.8 Å². The van der Waals surface area contributed by atoms with Gasteiger partial charge in [0.2, 0.25) is 0 Å². The van der Waals surface area contributed by atoms with E-state index in [0.29, 0.717) is 29.4 Å². The quantitative estimate of drug-likeness (QED) is 0.881. The molecular formula is C18H20ClN3O. The highest BCUT2D eigenvalue weighted by atomic mass is 35.5. The van der Waals surface area contributed by atoms with Crippen molar-refractivity contribution in [1.82, 2.24) is 9.80 Å². The van der Waals surface area contributed by atoms with E-state index in [1.807, 2.05) is 11.0 Å². The van der Waals surface area contributed by atoms with Crippen LogP contribution < -0.4 is 5.73 Å². The number of hydrogen-bond donors (Lipinski definition) is 1. The van der Waals surface area contributed by atoms with Crippen LogP contribution in [0, 0.1) is 0 Å². The van der Waals surface area contributed by atoms with Crippen molar-refractivity contribution in [2.24, 2.45) is 0 Å². The Balaban J connectivity index is 1.59. The van der Waals surface area contributed by atoms with Crippen molar-refractivity contribution < 1.29 is 4.79 Å². The average Bonchev–Trinajstić information content (AvgIpc) is 2.56. The van der Waals surface area contributed by atoms with E-state index in [9.17, 15) is 4.79 Å². The molecule has 0 spiro atoms. The number of anilines is 1. The predicted octanol–water partition coefficient (Wildman–Crippen LogP) is 2.88. The molecule has 1 saturated heterocycles. The van der Waals surface area contributed by atoms with Crippen LogP contribution in [0.25, 0.3) is 0 Å². The first kappa shape index (κ1) is 15.8. The van der Waals surface area contributed by atoms with Gasteiger partial charge in [-0.3, -0.25) is 9.69 Å². The summed E-state index contributed by atoms with van der Waals surface area (Å²) in [5.41, 5.74) is 8.08. The van der Waals surface area contributed by atoms with Crippen LogP contribution in [-0.4, -0.2) is 41.9 Å². The molecule has 3 rings (SSSR count). The lowest BCUT2D eigenvalue weighted by Gasteiger charge is -2.35. The molecule has 1 amide bonds. The van der Waals surface area contributed by atoms with Crippen LogP contribution in [0.4, 0.5) is 5.69 Å². The Morgan fingerprint density at radius 3 is 2.39 bits per heavy atom. The van der Waals surface area contributed by atoms with Crippen molar-refractivity contribution in [3.63, 3.8) is 0 Å². The van der Waals surface area contributed by atoms with Crippen molar-refractivity contribution in [3.8, 4) is 0 Å². The molecule has 5 heteroatoms. The van der Waals surface area contributed by atoms with Crippen molar-refractivity contribution in [2.45, 2.75) is 6.54 Å². The van der Waals surface area contributed by atoms with Crippen LogP contribution in [0.5, 0.6) is 0 Å². The van der Waals surface area contributed by atoms with E-state index in [2.05, 4.69) is 29.2 Å². The summed E-state index contributed by atoms with van der Waals surface area (Å²) in [6, 6.07) is 15.4. The Hall–Kier alpha value is -2.04. The second-order valence-corrected chi connectivity index (χ2v) is 6.20. The largest absolute Gasteiger partial charge is 0.399 e. The maximum absolute atomic E-state index is 12.6. The second-order valence-electron chi connectivity index (χ2n) is 5.79. The molecule has 2 aromatic carbocycles. The van der Waals surface area contributed by atoms with Gasteiger partial charge in [-0.25, -0.2) is 0 Å². The van der Waals surface area contributed by atoms with Crippen molar-refractivity contribution in [3.05, 3.63) is 64.7 Å². The summed E-state index contributed by atoms with van der Waals surface area (Å²) >= 11 is 6.14. The minimum absolute atomic E-state index is 0.0191. The van der Waals surface area contributed by atoms with E-state index >= 15 is 0 Å². The average molecular weight is 330 g/mol. The molecular weight excluding hydrogens is 310 g/mol. The van der Waals surface area contributed by atoms with E-state index in [-0.39, 0.29) is 5.91 Å². The molecule has 1 aliphatic heterocycles. The molecule has 1 fully saturated rings. The lowest BCUT2D eigenvalue weighted by molar-refractivity contribution is 0.0628. The van der Waals surface area contributed by atoms with Crippen LogP contribution in [0.2, 0.25) is 5.02 Å². The van der Waals surface area contributed by atoms with Crippen LogP contribution >= 0.6 is 11.6 Å². The van der Waals surface area contributed by atoms with Gasteiger partial charge in [0.05, 0.1) is 10.6 Å². The third kappa shape index (κ3) is 3.84. The van der Waals surface area contributed by atoms with E-state index in [0.717, 1.165) is 19.6 Å². The molecule has 120 valence electrons. The lowest BCUT2D eigenvalue weighted by Crippen LogP contribution is -2.48. The predicted molar refractivity (Wildman–Crippen MR) is 93.5 cm³/mol. The smallest absolute Gasteiger partial charge is 0.255 e. The normalized spacial score (nSPS) is 15.6. The lowest BCUT2D eigenvalue weighted by atomic mass is 10.1. The highest BCUT2D eigenvalue weighted by Gasteiger charge is 2.23. The van der Waals surface area contributed by atoms with E-state index in [1.165, 1.54) is 5.56 Å². The minimum atomic E-state index is -0.0191. The third-order valence-electron chi connectivity index (χ3n) is 4.13. The van der Waals surface area contributed by atoms with Crippen LogP contribution in [0.3, 0.4) is 0 Å². The number of carbonyl (C=O) groups is 1. The fourth-order valence-corrected chi connectivity index (χ4v) is 3.10. The Bertz CT molecular complexity index is 682. The topological polar surface area (TPSA) is 49.6 Å². The molecule has 4 nitrogen and oxygen atoms in total. The van der Waals surface area contributed by atoms with Crippen molar-refractivity contribution in [2.75, 3.05) is 31.9 Å². The number of nitrogen functional groups attached to an aromatic ring is 1. The Labute approximate surface area is 141 Å². The van der Waals surface area contributed by atoms with Gasteiger partial charge >= 0.3 is 0 Å². The fraction of sp³-hybridized carbons (Fsp3) is 0.278. The highest BCUT2D eigenvalue weighted by Crippen LogP contribution is 2.21. The highest BCUT2D eigenvalue weighted by molar-refractivity contribution is 6.34. The van der Waals surface area contributed by atoms with Crippen LogP contribution in [0.1, 0.15) is 15.9 Å². The molecule has 1 heterocycles. The Morgan fingerprint density at radius 2 is 1.74 bits per heavy atom. The summed E-state index contributed by atoms with van der Waals surface area (Å²) in [5, 5.41) is 0.418. The number of amides is 1. The molecule has 0 aliphatic carbocycles. The number of benzene rings is 2. The summed E-state index contributed by atoms with van der Waals surface area (Å²) in [7, 11) is 0. The Morgan fingerprint density at radius 1 is 1.04 bits per heavy atom. The monoisotopic (exact) mass is 329 g/mol. The summed E-state index contributed by atoms with van der Waals surface area (Å²) in [4.78, 5) is 16.8. The first-order valence-electron chi connectivity index (χ1n) is 7.74. The molecule has 1 aliphatic rings. The summed E-state index contributed by atoms with van der Waals surface area (Å²) in [6.45, 7) is 4.09. The second kappa shape index (κ2) is 7.02. The fourth-order valence-electron chi connectivity index (χ4n) is 2.83. The van der Waals surface area contributed by atoms with Gasteiger partial charge < -0.3 is 10.6 Å². The Kier molecular flexibility index (Phi) is 4.84. The van der Waals surface area contributed by atoms with Gasteiger partial charge in [0, 0.05) is 38.4 Å². The van der Waals surface area contributed by atoms with Gasteiger partial charge in [0.25, 0.3) is 5.91 Å². The number of rotatable bonds is 3. The number of nitrogens with zero attached hydrogens (tertiary/aromatic N) is 2. The molecule has 2 aromatic rings. The van der Waals surface area contributed by atoms with Crippen LogP contribution in [0.15, 0.2) is 48.5 Å². The standard InChI is InChI=1S/C18H20ClN3O/c19-17-12-15(20)6-7-16(17)18(23)22-10-8-21(9-11-22)13-14-4-2-1-3-5-14/h1-7,12H,8-11,13,20H2. The van der Waals surface area contributed by atoms with Crippen molar-refractivity contribution in [1.29, 1.82) is 0 Å². The summed E-state index contributed by atoms with van der Waals surface area (Å²) in [5.74, 6) is -0.0191.